The first kappa shape index (κ1) is 11.7. The predicted molar refractivity (Wildman–Crippen MR) is 69.7 cm³/mol. The zero-order valence-electron chi connectivity index (χ0n) is 9.27. The third-order valence-corrected chi connectivity index (χ3v) is 2.54. The number of nitrogens with zero attached hydrogens (tertiary/aromatic N) is 1. The SMILES string of the molecule is O=C(CCCl)Nc1cccc(-n2cccc2)c1. The van der Waals surface area contributed by atoms with Crippen molar-refractivity contribution in [3.8, 4) is 5.69 Å². The van der Waals surface area contributed by atoms with Crippen molar-refractivity contribution in [2.75, 3.05) is 11.2 Å². The van der Waals surface area contributed by atoms with E-state index in [-0.39, 0.29) is 5.91 Å². The Hall–Kier alpha value is -1.74. The Balaban J connectivity index is 2.15. The second-order valence-corrected chi connectivity index (χ2v) is 4.01. The van der Waals surface area contributed by atoms with Gasteiger partial charge >= 0.3 is 0 Å². The topological polar surface area (TPSA) is 34.0 Å². The quantitative estimate of drug-likeness (QED) is 0.829. The maximum absolute atomic E-state index is 11.4. The summed E-state index contributed by atoms with van der Waals surface area (Å²) in [6.07, 6.45) is 4.24. The normalized spacial score (nSPS) is 10.2. The Bertz CT molecular complexity index is 494. The van der Waals surface area contributed by atoms with Gasteiger partial charge in [0.15, 0.2) is 0 Å². The molecule has 0 spiro atoms. The second kappa shape index (κ2) is 5.55. The molecule has 0 unspecified atom stereocenters. The molecule has 0 radical (unpaired) electrons. The van der Waals surface area contributed by atoms with Crippen LogP contribution in [0.15, 0.2) is 48.8 Å². The molecule has 1 heterocycles. The van der Waals surface area contributed by atoms with Crippen molar-refractivity contribution in [3.63, 3.8) is 0 Å². The van der Waals surface area contributed by atoms with Gasteiger partial charge in [-0.15, -0.1) is 11.6 Å². The van der Waals surface area contributed by atoms with Gasteiger partial charge in [-0.05, 0) is 30.3 Å². The molecule has 3 nitrogen and oxygen atoms in total. The lowest BCUT2D eigenvalue weighted by Crippen LogP contribution is -2.11. The number of anilines is 1. The molecule has 1 N–H and O–H groups in total. The highest BCUT2D eigenvalue weighted by Gasteiger charge is 2.02. The number of amides is 1. The standard InChI is InChI=1S/C13H13ClN2O/c14-7-6-13(17)15-11-4-3-5-12(10-11)16-8-1-2-9-16/h1-5,8-10H,6-7H2,(H,15,17). The molecule has 0 aliphatic rings. The number of halogens is 1. The number of alkyl halides is 1. The molecule has 1 aromatic heterocycles. The molecule has 0 aliphatic heterocycles. The lowest BCUT2D eigenvalue weighted by Gasteiger charge is -2.07. The van der Waals surface area contributed by atoms with Crippen molar-refractivity contribution in [1.29, 1.82) is 0 Å². The second-order valence-electron chi connectivity index (χ2n) is 3.63. The number of nitrogens with one attached hydrogen (secondary N) is 1. The van der Waals surface area contributed by atoms with Crippen LogP contribution in [0.3, 0.4) is 0 Å². The number of carbonyl (C=O) groups is 1. The minimum atomic E-state index is -0.0651. The minimum absolute atomic E-state index is 0.0651. The molecule has 4 heteroatoms. The van der Waals surface area contributed by atoms with Gasteiger partial charge < -0.3 is 9.88 Å². The summed E-state index contributed by atoms with van der Waals surface area (Å²) in [6, 6.07) is 11.6. The Morgan fingerprint density at radius 1 is 1.24 bits per heavy atom. The molecule has 0 atom stereocenters. The average molecular weight is 249 g/mol. The Labute approximate surface area is 105 Å². The summed E-state index contributed by atoms with van der Waals surface area (Å²) in [7, 11) is 0. The van der Waals surface area contributed by atoms with Crippen LogP contribution < -0.4 is 5.32 Å². The predicted octanol–water partition coefficient (Wildman–Crippen LogP) is 3.04. The van der Waals surface area contributed by atoms with E-state index in [1.54, 1.807) is 0 Å². The van der Waals surface area contributed by atoms with Crippen LogP contribution in [0.5, 0.6) is 0 Å². The zero-order chi connectivity index (χ0) is 12.1. The van der Waals surface area contributed by atoms with Gasteiger partial charge in [0, 0.05) is 36.1 Å². The highest BCUT2D eigenvalue weighted by molar-refractivity contribution is 6.19. The maximum atomic E-state index is 11.4. The summed E-state index contributed by atoms with van der Waals surface area (Å²) in [5, 5.41) is 2.81. The number of benzene rings is 1. The van der Waals surface area contributed by atoms with Crippen molar-refractivity contribution < 1.29 is 4.79 Å². The highest BCUT2D eigenvalue weighted by Crippen LogP contribution is 2.15. The fourth-order valence-corrected chi connectivity index (χ4v) is 1.73. The van der Waals surface area contributed by atoms with Crippen LogP contribution in [-0.4, -0.2) is 16.4 Å². The molecule has 1 aromatic carbocycles. The molecular weight excluding hydrogens is 236 g/mol. The first-order chi connectivity index (χ1) is 8.29. The summed E-state index contributed by atoms with van der Waals surface area (Å²) < 4.78 is 1.98. The van der Waals surface area contributed by atoms with Crippen LogP contribution in [-0.2, 0) is 4.79 Å². The third-order valence-electron chi connectivity index (χ3n) is 2.35. The van der Waals surface area contributed by atoms with Crippen molar-refractivity contribution in [2.24, 2.45) is 0 Å². The molecule has 17 heavy (non-hydrogen) atoms. The van der Waals surface area contributed by atoms with E-state index in [1.165, 1.54) is 0 Å². The molecule has 2 rings (SSSR count). The van der Waals surface area contributed by atoms with Crippen LogP contribution in [0, 0.1) is 0 Å². The fraction of sp³-hybridized carbons (Fsp3) is 0.154. The summed E-state index contributed by atoms with van der Waals surface area (Å²) in [5.74, 6) is 0.271. The Morgan fingerprint density at radius 3 is 2.71 bits per heavy atom. The van der Waals surface area contributed by atoms with Gasteiger partial charge in [0.1, 0.15) is 0 Å². The molecular formula is C13H13ClN2O. The highest BCUT2D eigenvalue weighted by atomic mass is 35.5. The van der Waals surface area contributed by atoms with Gasteiger partial charge in [0.2, 0.25) is 5.91 Å². The number of hydrogen-bond acceptors (Lipinski definition) is 1. The largest absolute Gasteiger partial charge is 0.326 e. The summed E-state index contributed by atoms with van der Waals surface area (Å²) in [5.41, 5.74) is 1.80. The first-order valence-corrected chi connectivity index (χ1v) is 5.92. The van der Waals surface area contributed by atoms with E-state index >= 15 is 0 Å². The first-order valence-electron chi connectivity index (χ1n) is 5.39. The smallest absolute Gasteiger partial charge is 0.225 e. The molecule has 0 fully saturated rings. The van der Waals surface area contributed by atoms with E-state index in [9.17, 15) is 4.79 Å². The molecule has 88 valence electrons. The lowest BCUT2D eigenvalue weighted by atomic mass is 10.2. The van der Waals surface area contributed by atoms with Gasteiger partial charge in [-0.25, -0.2) is 0 Å². The molecule has 2 aromatic rings. The van der Waals surface area contributed by atoms with Gasteiger partial charge in [0.25, 0.3) is 0 Å². The van der Waals surface area contributed by atoms with Crippen molar-refractivity contribution in [3.05, 3.63) is 48.8 Å². The molecule has 0 saturated heterocycles. The lowest BCUT2D eigenvalue weighted by molar-refractivity contribution is -0.115. The fourth-order valence-electron chi connectivity index (χ4n) is 1.56. The number of carbonyl (C=O) groups excluding carboxylic acids is 1. The van der Waals surface area contributed by atoms with Crippen LogP contribution in [0.4, 0.5) is 5.69 Å². The summed E-state index contributed by atoms with van der Waals surface area (Å²) in [4.78, 5) is 11.4. The third kappa shape index (κ3) is 3.11. The van der Waals surface area contributed by atoms with E-state index in [0.717, 1.165) is 11.4 Å². The molecule has 0 saturated carbocycles. The van der Waals surface area contributed by atoms with E-state index < -0.39 is 0 Å². The molecule has 0 bridgehead atoms. The van der Waals surface area contributed by atoms with Crippen LogP contribution in [0.2, 0.25) is 0 Å². The van der Waals surface area contributed by atoms with Crippen LogP contribution in [0.25, 0.3) is 5.69 Å². The average Bonchev–Trinajstić information content (AvgIpc) is 2.83. The van der Waals surface area contributed by atoms with Crippen molar-refractivity contribution in [2.45, 2.75) is 6.42 Å². The van der Waals surface area contributed by atoms with Gasteiger partial charge in [-0.3, -0.25) is 4.79 Å². The van der Waals surface area contributed by atoms with E-state index in [1.807, 2.05) is 53.4 Å². The summed E-state index contributed by atoms with van der Waals surface area (Å²) in [6.45, 7) is 0. The van der Waals surface area contributed by atoms with Crippen molar-refractivity contribution in [1.82, 2.24) is 4.57 Å². The number of hydrogen-bond donors (Lipinski definition) is 1. The van der Waals surface area contributed by atoms with Crippen LogP contribution in [0.1, 0.15) is 6.42 Å². The van der Waals surface area contributed by atoms with E-state index in [4.69, 9.17) is 11.6 Å². The van der Waals surface area contributed by atoms with Gasteiger partial charge in [-0.2, -0.15) is 0 Å². The minimum Gasteiger partial charge on any atom is -0.326 e. The number of rotatable bonds is 4. The van der Waals surface area contributed by atoms with E-state index in [2.05, 4.69) is 5.32 Å². The van der Waals surface area contributed by atoms with E-state index in [0.29, 0.717) is 12.3 Å². The van der Waals surface area contributed by atoms with Gasteiger partial charge in [0.05, 0.1) is 0 Å². The summed E-state index contributed by atoms with van der Waals surface area (Å²) >= 11 is 5.51. The van der Waals surface area contributed by atoms with Crippen molar-refractivity contribution >= 4 is 23.2 Å². The Kier molecular flexibility index (Phi) is 3.83. The van der Waals surface area contributed by atoms with Crippen LogP contribution >= 0.6 is 11.6 Å². The zero-order valence-corrected chi connectivity index (χ0v) is 10.0. The molecule has 0 aliphatic carbocycles. The van der Waals surface area contributed by atoms with Gasteiger partial charge in [-0.1, -0.05) is 6.07 Å². The molecule has 1 amide bonds. The maximum Gasteiger partial charge on any atom is 0.225 e. The Morgan fingerprint density at radius 2 is 2.00 bits per heavy atom. The number of aromatic nitrogens is 1. The monoisotopic (exact) mass is 248 g/mol.